The van der Waals surface area contributed by atoms with Crippen molar-refractivity contribution >= 4 is 11.6 Å². The van der Waals surface area contributed by atoms with E-state index in [1.807, 2.05) is 54.6 Å². The minimum Gasteiger partial charge on any atom is -0.842 e. The second kappa shape index (κ2) is 7.67. The third-order valence-electron chi connectivity index (χ3n) is 5.96. The van der Waals surface area contributed by atoms with Gasteiger partial charge < -0.3 is 5.11 Å². The Kier molecular flexibility index (Phi) is 4.83. The highest BCUT2D eigenvalue weighted by molar-refractivity contribution is 6.32. The lowest BCUT2D eigenvalue weighted by Gasteiger charge is -2.21. The summed E-state index contributed by atoms with van der Waals surface area (Å²) in [6.45, 7) is 0. The molecule has 0 radical (unpaired) electrons. The van der Waals surface area contributed by atoms with Crippen molar-refractivity contribution in [1.29, 1.82) is 0 Å². The van der Waals surface area contributed by atoms with E-state index in [9.17, 15) is 9.90 Å². The average Bonchev–Trinajstić information content (AvgIpc) is 3.25. The quantitative estimate of drug-likeness (QED) is 0.369. The lowest BCUT2D eigenvalue weighted by molar-refractivity contribution is -0.747. The van der Waals surface area contributed by atoms with Gasteiger partial charge >= 0.3 is 5.56 Å². The van der Waals surface area contributed by atoms with Crippen LogP contribution >= 0.6 is 11.6 Å². The van der Waals surface area contributed by atoms with Gasteiger partial charge in [-0.15, -0.1) is 0 Å². The molecule has 1 aliphatic rings. The first-order chi connectivity index (χ1) is 15.1. The van der Waals surface area contributed by atoms with E-state index in [1.165, 1.54) is 0 Å². The van der Waals surface area contributed by atoms with Gasteiger partial charge in [-0.1, -0.05) is 72.3 Å². The van der Waals surface area contributed by atoms with Crippen LogP contribution in [0.5, 0.6) is 5.88 Å². The standard InChI is InChI=1S/C25H20ClN3O2/c1-28-21-13-12-20(18-14-19(23(26)27-15-18)16-8-4-2-5-9-16)29(21)25(31)22(24(28)30)17-10-6-3-7-11-17/h2-11,14-15,20H,12-13H2,1H3. The van der Waals surface area contributed by atoms with Gasteiger partial charge in [-0.2, -0.15) is 4.57 Å². The van der Waals surface area contributed by atoms with Crippen molar-refractivity contribution in [2.45, 2.75) is 18.9 Å². The SMILES string of the molecule is Cn1c2[n+](c([O-])c(-c3ccccc3)c1=O)C(c1cnc(Cl)c(-c3ccccc3)c1)CC2. The molecule has 1 atom stereocenters. The molecule has 1 unspecified atom stereocenters. The molecule has 0 bridgehead atoms. The highest BCUT2D eigenvalue weighted by Gasteiger charge is 2.35. The number of benzene rings is 2. The minimum atomic E-state index is -0.262. The van der Waals surface area contributed by atoms with Crippen molar-refractivity contribution < 1.29 is 9.67 Å². The van der Waals surface area contributed by atoms with E-state index in [0.717, 1.165) is 28.9 Å². The van der Waals surface area contributed by atoms with Gasteiger partial charge in [0, 0.05) is 23.7 Å². The number of hydrogen-bond acceptors (Lipinski definition) is 3. The van der Waals surface area contributed by atoms with Crippen LogP contribution in [0.25, 0.3) is 22.3 Å². The number of halogens is 1. The molecule has 1 aliphatic heterocycles. The van der Waals surface area contributed by atoms with Gasteiger partial charge in [0.25, 0.3) is 5.82 Å². The summed E-state index contributed by atoms with van der Waals surface area (Å²) in [5.74, 6) is 0.471. The monoisotopic (exact) mass is 429 g/mol. The molecule has 0 N–H and O–H groups in total. The van der Waals surface area contributed by atoms with Gasteiger partial charge in [0.05, 0.1) is 19.3 Å². The lowest BCUT2D eigenvalue weighted by Crippen LogP contribution is -2.47. The Hall–Kier alpha value is -3.44. The molecule has 3 heterocycles. The largest absolute Gasteiger partial charge is 0.842 e. The summed E-state index contributed by atoms with van der Waals surface area (Å²) in [5.41, 5.74) is 3.27. The van der Waals surface area contributed by atoms with Gasteiger partial charge in [-0.25, -0.2) is 14.3 Å². The van der Waals surface area contributed by atoms with Gasteiger partial charge in [-0.3, -0.25) is 0 Å². The summed E-state index contributed by atoms with van der Waals surface area (Å²) >= 11 is 6.40. The zero-order chi connectivity index (χ0) is 21.5. The van der Waals surface area contributed by atoms with Crippen molar-refractivity contribution in [2.24, 2.45) is 7.05 Å². The third-order valence-corrected chi connectivity index (χ3v) is 6.26. The van der Waals surface area contributed by atoms with Crippen molar-refractivity contribution in [3.05, 3.63) is 99.8 Å². The summed E-state index contributed by atoms with van der Waals surface area (Å²) in [6.07, 6.45) is 3.09. The highest BCUT2D eigenvalue weighted by Crippen LogP contribution is 2.33. The van der Waals surface area contributed by atoms with E-state index < -0.39 is 0 Å². The summed E-state index contributed by atoms with van der Waals surface area (Å²) in [4.78, 5) is 17.4. The summed E-state index contributed by atoms with van der Waals surface area (Å²) in [7, 11) is 1.73. The highest BCUT2D eigenvalue weighted by atomic mass is 35.5. The molecule has 4 aromatic rings. The summed E-state index contributed by atoms with van der Waals surface area (Å²) in [5, 5.41) is 14.0. The first-order valence-corrected chi connectivity index (χ1v) is 10.5. The second-order valence-electron chi connectivity index (χ2n) is 7.72. The molecule has 154 valence electrons. The van der Waals surface area contributed by atoms with Crippen molar-refractivity contribution in [3.63, 3.8) is 0 Å². The molecule has 0 aliphatic carbocycles. The van der Waals surface area contributed by atoms with Crippen LogP contribution in [0.4, 0.5) is 0 Å². The number of fused-ring (bicyclic) bond motifs is 1. The lowest BCUT2D eigenvalue weighted by atomic mass is 10.0. The average molecular weight is 430 g/mol. The Morgan fingerprint density at radius 1 is 1.06 bits per heavy atom. The molecule has 0 spiro atoms. The van der Waals surface area contributed by atoms with Crippen molar-refractivity contribution in [1.82, 2.24) is 9.55 Å². The zero-order valence-electron chi connectivity index (χ0n) is 17.0. The maximum Gasteiger partial charge on any atom is 0.344 e. The second-order valence-corrected chi connectivity index (χ2v) is 8.08. The van der Waals surface area contributed by atoms with Gasteiger partial charge in [0.1, 0.15) is 16.8 Å². The van der Waals surface area contributed by atoms with Crippen LogP contribution in [-0.2, 0) is 13.5 Å². The van der Waals surface area contributed by atoms with Crippen LogP contribution in [0.3, 0.4) is 0 Å². The fourth-order valence-corrected chi connectivity index (χ4v) is 4.63. The van der Waals surface area contributed by atoms with E-state index in [1.54, 1.807) is 34.5 Å². The number of hydrogen-bond donors (Lipinski definition) is 0. The molecule has 2 aromatic heterocycles. The summed E-state index contributed by atoms with van der Waals surface area (Å²) in [6, 6.07) is 20.8. The minimum absolute atomic E-state index is 0.198. The molecule has 2 aromatic carbocycles. The number of nitrogens with zero attached hydrogens (tertiary/aromatic N) is 3. The fraction of sp³-hybridized carbons (Fsp3) is 0.160. The Morgan fingerprint density at radius 2 is 1.71 bits per heavy atom. The smallest absolute Gasteiger partial charge is 0.344 e. The maximum absolute atomic E-state index is 13.5. The van der Waals surface area contributed by atoms with E-state index in [0.29, 0.717) is 17.1 Å². The van der Waals surface area contributed by atoms with Crippen LogP contribution < -0.4 is 15.2 Å². The first kappa shape index (κ1) is 19.5. The molecular formula is C25H20ClN3O2. The number of pyridine rings is 1. The topological polar surface area (TPSA) is 61.8 Å². The first-order valence-electron chi connectivity index (χ1n) is 10.2. The van der Waals surface area contributed by atoms with Crippen LogP contribution in [0, 0.1) is 0 Å². The normalized spacial score (nSPS) is 15.1. The molecule has 5 nitrogen and oxygen atoms in total. The van der Waals surface area contributed by atoms with Crippen molar-refractivity contribution in [3.8, 4) is 28.1 Å². The fourth-order valence-electron chi connectivity index (χ4n) is 4.41. The van der Waals surface area contributed by atoms with E-state index >= 15 is 0 Å². The van der Waals surface area contributed by atoms with Gasteiger partial charge in [-0.05, 0) is 17.2 Å². The molecular weight excluding hydrogens is 410 g/mol. The Balaban J connectivity index is 1.68. The Morgan fingerprint density at radius 3 is 2.39 bits per heavy atom. The van der Waals surface area contributed by atoms with Crippen LogP contribution in [0.1, 0.15) is 23.9 Å². The van der Waals surface area contributed by atoms with Crippen LogP contribution in [-0.4, -0.2) is 9.55 Å². The molecule has 5 rings (SSSR count). The Labute approximate surface area is 184 Å². The molecule has 0 fully saturated rings. The maximum atomic E-state index is 13.5. The predicted octanol–water partition coefficient (Wildman–Crippen LogP) is 3.66. The van der Waals surface area contributed by atoms with Crippen molar-refractivity contribution in [2.75, 3.05) is 0 Å². The molecule has 0 amide bonds. The Bertz CT molecular complexity index is 1330. The predicted molar refractivity (Wildman–Crippen MR) is 118 cm³/mol. The molecule has 0 saturated heterocycles. The third kappa shape index (κ3) is 3.22. The molecule has 6 heteroatoms. The zero-order valence-corrected chi connectivity index (χ0v) is 17.7. The molecule has 0 saturated carbocycles. The van der Waals surface area contributed by atoms with E-state index in [-0.39, 0.29) is 23.0 Å². The summed E-state index contributed by atoms with van der Waals surface area (Å²) < 4.78 is 3.36. The number of aromatic nitrogens is 3. The van der Waals surface area contributed by atoms with E-state index in [2.05, 4.69) is 4.98 Å². The van der Waals surface area contributed by atoms with Gasteiger partial charge in [0.2, 0.25) is 0 Å². The van der Waals surface area contributed by atoms with Crippen LogP contribution in [0.15, 0.2) is 77.7 Å². The van der Waals surface area contributed by atoms with Gasteiger partial charge in [0.15, 0.2) is 0 Å². The van der Waals surface area contributed by atoms with Crippen LogP contribution in [0.2, 0.25) is 5.15 Å². The van der Waals surface area contributed by atoms with E-state index in [4.69, 9.17) is 11.6 Å². The number of rotatable bonds is 3. The molecule has 31 heavy (non-hydrogen) atoms.